The summed E-state index contributed by atoms with van der Waals surface area (Å²) < 4.78 is 0. The molecule has 0 aromatic rings. The van der Waals surface area contributed by atoms with Gasteiger partial charge in [-0.2, -0.15) is 0 Å². The molecule has 0 amide bonds. The second-order valence-corrected chi connectivity index (χ2v) is 0. The normalized spacial score (nSPS) is 0. The first-order valence-corrected chi connectivity index (χ1v) is 0. The number of rotatable bonds is 0. The summed E-state index contributed by atoms with van der Waals surface area (Å²) in [5, 5.41) is 0. The van der Waals surface area contributed by atoms with E-state index in [0.717, 1.165) is 0 Å². The van der Waals surface area contributed by atoms with Crippen molar-refractivity contribution in [2.75, 3.05) is 0 Å². The first-order valence-electron chi connectivity index (χ1n) is 0. The molecule has 8 heavy (non-hydrogen) atoms. The molecule has 0 unspecified atom stereocenters. The molecular formula is Cl6FeSn. The van der Waals surface area contributed by atoms with Gasteiger partial charge in [0.15, 0.2) is 0 Å². The predicted molar refractivity (Wildman–Crippen MR) is 5.75 cm³/mol. The van der Waals surface area contributed by atoms with E-state index in [2.05, 4.69) is 0 Å². The summed E-state index contributed by atoms with van der Waals surface area (Å²) in [6.07, 6.45) is 0. The Kier molecular flexibility index (Phi) is 1320. The molecule has 0 saturated carbocycles. The SMILES string of the molecule is [Cl-].[Cl-].[Cl-].[Cl-].[Cl-].[Cl-].[Fe+2].[Sn+4]. The Labute approximate surface area is 114 Å². The van der Waals surface area contributed by atoms with E-state index >= 15 is 0 Å². The summed E-state index contributed by atoms with van der Waals surface area (Å²) in [6.45, 7) is 0. The third-order valence-electron chi connectivity index (χ3n) is 0. The van der Waals surface area contributed by atoms with Crippen LogP contribution in [0.1, 0.15) is 0 Å². The summed E-state index contributed by atoms with van der Waals surface area (Å²) in [7, 11) is 0. The summed E-state index contributed by atoms with van der Waals surface area (Å²) in [6, 6.07) is 0. The van der Waals surface area contributed by atoms with E-state index in [1.165, 1.54) is 0 Å². The molecular weight excluding hydrogens is 387 g/mol. The van der Waals surface area contributed by atoms with E-state index < -0.39 is 0 Å². The second-order valence-electron chi connectivity index (χ2n) is 0. The Bertz CT molecular complexity index is 8.49. The van der Waals surface area contributed by atoms with Crippen molar-refractivity contribution in [3.8, 4) is 0 Å². The molecule has 0 aromatic heterocycles. The number of hydrogen-bond acceptors (Lipinski definition) is 0. The van der Waals surface area contributed by atoms with Crippen LogP contribution in [0.15, 0.2) is 0 Å². The molecule has 0 saturated heterocycles. The fourth-order valence-electron chi connectivity index (χ4n) is 0. The van der Waals surface area contributed by atoms with Gasteiger partial charge in [-0.25, -0.2) is 0 Å². The van der Waals surface area contributed by atoms with E-state index in [4.69, 9.17) is 0 Å². The molecule has 0 spiro atoms. The van der Waals surface area contributed by atoms with Gasteiger partial charge in [-0.1, -0.05) is 0 Å². The zero-order valence-corrected chi connectivity index (χ0v) is 11.6. The van der Waals surface area contributed by atoms with Gasteiger partial charge in [-0.15, -0.1) is 0 Å². The van der Waals surface area contributed by atoms with Crippen molar-refractivity contribution in [3.05, 3.63) is 0 Å². The molecule has 0 bridgehead atoms. The maximum Gasteiger partial charge on any atom is 4.00 e. The van der Waals surface area contributed by atoms with Crippen LogP contribution in [0.3, 0.4) is 0 Å². The van der Waals surface area contributed by atoms with Gasteiger partial charge < -0.3 is 74.4 Å². The van der Waals surface area contributed by atoms with Crippen LogP contribution < -0.4 is 74.4 Å². The minimum atomic E-state index is 0. The Morgan fingerprint density at radius 1 is 0.375 bits per heavy atom. The van der Waals surface area contributed by atoms with Crippen molar-refractivity contribution < 1.29 is 91.5 Å². The smallest absolute Gasteiger partial charge is 1.00 e. The zero-order valence-electron chi connectivity index (χ0n) is 3.12. The standard InChI is InChI=1S/6ClH.Fe.Sn/h6*1H;;/q;;;;;;+2;+4/p-6. The van der Waals surface area contributed by atoms with Crippen molar-refractivity contribution >= 4 is 23.9 Å². The van der Waals surface area contributed by atoms with E-state index in [1.54, 1.807) is 0 Å². The van der Waals surface area contributed by atoms with E-state index in [-0.39, 0.29) is 115 Å². The van der Waals surface area contributed by atoms with Gasteiger partial charge in [0.05, 0.1) is 0 Å². The quantitative estimate of drug-likeness (QED) is 0.363. The Morgan fingerprint density at radius 2 is 0.375 bits per heavy atom. The van der Waals surface area contributed by atoms with Gasteiger partial charge in [0, 0.05) is 0 Å². The average molecular weight is 387 g/mol. The predicted octanol–water partition coefficient (Wildman–Crippen LogP) is -18.4. The first kappa shape index (κ1) is 120. The Balaban J connectivity index is 0. The number of halogens is 6. The Hall–Kier alpha value is 3.06. The van der Waals surface area contributed by atoms with Crippen molar-refractivity contribution in [3.63, 3.8) is 0 Å². The minimum Gasteiger partial charge on any atom is -1.00 e. The number of hydrogen-bond donors (Lipinski definition) is 0. The molecule has 0 aliphatic heterocycles. The zero-order chi connectivity index (χ0) is 0. The fourth-order valence-corrected chi connectivity index (χ4v) is 0. The van der Waals surface area contributed by atoms with Crippen LogP contribution in [0.4, 0.5) is 0 Å². The van der Waals surface area contributed by atoms with Crippen LogP contribution in [0.25, 0.3) is 0 Å². The van der Waals surface area contributed by atoms with Gasteiger partial charge in [0.1, 0.15) is 0 Å². The summed E-state index contributed by atoms with van der Waals surface area (Å²) in [5.74, 6) is 0. The third kappa shape index (κ3) is 62.9. The van der Waals surface area contributed by atoms with Crippen LogP contribution in [-0.2, 0) is 17.1 Å². The van der Waals surface area contributed by atoms with Crippen molar-refractivity contribution in [1.29, 1.82) is 0 Å². The van der Waals surface area contributed by atoms with Crippen LogP contribution >= 0.6 is 0 Å². The van der Waals surface area contributed by atoms with Gasteiger partial charge in [-0.05, 0) is 0 Å². The Morgan fingerprint density at radius 3 is 0.375 bits per heavy atom. The molecule has 0 aliphatic rings. The van der Waals surface area contributed by atoms with Gasteiger partial charge in [0.2, 0.25) is 0 Å². The molecule has 54 valence electrons. The molecule has 0 rings (SSSR count). The maximum atomic E-state index is 0. The fraction of sp³-hybridized carbons (Fsp3) is 0. The van der Waals surface area contributed by atoms with Crippen molar-refractivity contribution in [2.24, 2.45) is 0 Å². The summed E-state index contributed by atoms with van der Waals surface area (Å²) in [5.41, 5.74) is 0. The minimum absolute atomic E-state index is 0. The first-order chi connectivity index (χ1) is 0. The van der Waals surface area contributed by atoms with Crippen LogP contribution in [0, 0.1) is 0 Å². The van der Waals surface area contributed by atoms with Crippen LogP contribution in [-0.4, -0.2) is 23.9 Å². The van der Waals surface area contributed by atoms with Crippen molar-refractivity contribution in [1.82, 2.24) is 0 Å². The average Bonchev–Trinajstić information content (AvgIpc) is 0. The summed E-state index contributed by atoms with van der Waals surface area (Å²) in [4.78, 5) is 0. The third-order valence-corrected chi connectivity index (χ3v) is 0. The van der Waals surface area contributed by atoms with Gasteiger partial charge in [0.25, 0.3) is 0 Å². The van der Waals surface area contributed by atoms with Crippen LogP contribution in [0.5, 0.6) is 0 Å². The molecule has 0 aromatic carbocycles. The maximum absolute atomic E-state index is 0. The van der Waals surface area contributed by atoms with Crippen molar-refractivity contribution in [2.45, 2.75) is 0 Å². The monoisotopic (exact) mass is 386 g/mol. The second kappa shape index (κ2) is 88.2. The topological polar surface area (TPSA) is 0 Å². The van der Waals surface area contributed by atoms with Gasteiger partial charge in [-0.3, -0.25) is 0 Å². The molecule has 0 aliphatic carbocycles. The molecule has 0 fully saturated rings. The molecule has 0 heterocycles. The molecule has 0 radical (unpaired) electrons. The summed E-state index contributed by atoms with van der Waals surface area (Å²) >= 11 is 0. The largest absolute Gasteiger partial charge is 4.00 e. The van der Waals surface area contributed by atoms with Gasteiger partial charge >= 0.3 is 41.0 Å². The molecule has 0 atom stereocenters. The molecule has 8 heteroatoms. The van der Waals surface area contributed by atoms with E-state index in [9.17, 15) is 0 Å². The molecule has 0 nitrogen and oxygen atoms in total. The van der Waals surface area contributed by atoms with Crippen LogP contribution in [0.2, 0.25) is 0 Å². The van der Waals surface area contributed by atoms with E-state index in [0.29, 0.717) is 0 Å². The van der Waals surface area contributed by atoms with E-state index in [1.807, 2.05) is 0 Å². The molecule has 0 N–H and O–H groups in total.